The smallest absolute Gasteiger partial charge is 0.227 e. The maximum Gasteiger partial charge on any atom is 0.227 e. The second kappa shape index (κ2) is 5.90. The Hall–Kier alpha value is -2.81. The maximum absolute atomic E-state index is 10.8. The van der Waals surface area contributed by atoms with Gasteiger partial charge in [-0.25, -0.2) is 4.68 Å². The number of carbonyl (C=O) groups is 1. The number of H-pyrrole nitrogens is 1. The number of aromatic amines is 1. The molecule has 3 aromatic rings. The highest BCUT2D eigenvalue weighted by atomic mass is 32.2. The molecule has 0 saturated heterocycles. The molecular formula is C13H13N7OS. The molecule has 112 valence electrons. The molecule has 0 atom stereocenters. The lowest BCUT2D eigenvalue weighted by Crippen LogP contribution is -2.16. The number of rotatable bonds is 5. The first-order valence-corrected chi connectivity index (χ1v) is 7.36. The number of amides is 1. The summed E-state index contributed by atoms with van der Waals surface area (Å²) >= 11 is 1.13. The zero-order valence-electron chi connectivity index (χ0n) is 11.4. The monoisotopic (exact) mass is 315 g/mol. The summed E-state index contributed by atoms with van der Waals surface area (Å²) in [6.45, 7) is 0. The number of hydrogen-bond acceptors (Lipinski definition) is 6. The second-order valence-corrected chi connectivity index (χ2v) is 5.41. The van der Waals surface area contributed by atoms with Crippen LogP contribution >= 0.6 is 11.8 Å². The van der Waals surface area contributed by atoms with Crippen molar-refractivity contribution in [3.05, 3.63) is 36.4 Å². The molecule has 2 aromatic heterocycles. The summed E-state index contributed by atoms with van der Waals surface area (Å²) in [5.74, 6) is 6.02. The van der Waals surface area contributed by atoms with Gasteiger partial charge in [-0.2, -0.15) is 5.10 Å². The Balaban J connectivity index is 1.86. The van der Waals surface area contributed by atoms with E-state index in [1.54, 1.807) is 0 Å². The van der Waals surface area contributed by atoms with Gasteiger partial charge in [0.2, 0.25) is 16.9 Å². The van der Waals surface area contributed by atoms with Crippen molar-refractivity contribution in [3.63, 3.8) is 0 Å². The fourth-order valence-corrected chi connectivity index (χ4v) is 2.48. The summed E-state index contributed by atoms with van der Waals surface area (Å²) in [4.78, 5) is 10.8. The summed E-state index contributed by atoms with van der Waals surface area (Å²) in [7, 11) is 0. The molecule has 0 radical (unpaired) electrons. The molecule has 1 aromatic carbocycles. The van der Waals surface area contributed by atoms with Crippen molar-refractivity contribution in [1.82, 2.24) is 25.1 Å². The average Bonchev–Trinajstić information content (AvgIpc) is 3.13. The van der Waals surface area contributed by atoms with Gasteiger partial charge in [-0.1, -0.05) is 42.1 Å². The number of thioether (sulfide) groups is 1. The summed E-state index contributed by atoms with van der Waals surface area (Å²) in [5, 5.41) is 15.5. The molecule has 0 aliphatic rings. The van der Waals surface area contributed by atoms with Crippen LogP contribution in [0.1, 0.15) is 0 Å². The van der Waals surface area contributed by atoms with Crippen LogP contribution in [0.3, 0.4) is 0 Å². The molecule has 5 N–H and O–H groups in total. The largest absolute Gasteiger partial charge is 0.369 e. The van der Waals surface area contributed by atoms with Gasteiger partial charge in [0.05, 0.1) is 11.4 Å². The minimum Gasteiger partial charge on any atom is -0.369 e. The number of nitrogens with zero attached hydrogens (tertiary/aromatic N) is 4. The normalized spacial score (nSPS) is 10.7. The zero-order chi connectivity index (χ0) is 15.5. The third-order valence-electron chi connectivity index (χ3n) is 2.90. The number of benzene rings is 1. The van der Waals surface area contributed by atoms with Crippen molar-refractivity contribution >= 4 is 17.7 Å². The van der Waals surface area contributed by atoms with E-state index in [2.05, 4.69) is 20.4 Å². The van der Waals surface area contributed by atoms with Crippen molar-refractivity contribution in [2.45, 2.75) is 5.16 Å². The Morgan fingerprint density at radius 2 is 2.05 bits per heavy atom. The minimum atomic E-state index is -0.442. The Morgan fingerprint density at radius 3 is 2.77 bits per heavy atom. The van der Waals surface area contributed by atoms with E-state index in [0.717, 1.165) is 23.0 Å². The Labute approximate surface area is 129 Å². The van der Waals surface area contributed by atoms with Crippen LogP contribution in [-0.4, -0.2) is 36.7 Å². The van der Waals surface area contributed by atoms with E-state index in [4.69, 9.17) is 11.6 Å². The summed E-state index contributed by atoms with van der Waals surface area (Å²) < 4.78 is 1.30. The van der Waals surface area contributed by atoms with E-state index < -0.39 is 5.91 Å². The van der Waals surface area contributed by atoms with Crippen LogP contribution in [0.5, 0.6) is 0 Å². The van der Waals surface area contributed by atoms with E-state index in [1.165, 1.54) is 4.68 Å². The molecule has 0 fully saturated rings. The maximum atomic E-state index is 10.8. The highest BCUT2D eigenvalue weighted by Gasteiger charge is 2.15. The van der Waals surface area contributed by atoms with Gasteiger partial charge in [0.25, 0.3) is 0 Å². The first-order chi connectivity index (χ1) is 10.6. The van der Waals surface area contributed by atoms with Gasteiger partial charge < -0.3 is 11.6 Å². The van der Waals surface area contributed by atoms with Crippen LogP contribution in [-0.2, 0) is 4.79 Å². The number of nitrogen functional groups attached to an aromatic ring is 1. The molecular weight excluding hydrogens is 302 g/mol. The fraction of sp³-hybridized carbons (Fsp3) is 0.0769. The third kappa shape index (κ3) is 2.79. The first kappa shape index (κ1) is 14.1. The molecule has 22 heavy (non-hydrogen) atoms. The quantitative estimate of drug-likeness (QED) is 0.468. The standard InChI is InChI=1S/C13H13N7OS/c14-11(21)7-22-13-19-18-12(20(13)15)10-6-9(16-17-10)8-4-2-1-3-5-8/h1-6H,7,15H2,(H2,14,21)(H,16,17). The van der Waals surface area contributed by atoms with Crippen LogP contribution in [0.2, 0.25) is 0 Å². The molecule has 0 unspecified atom stereocenters. The Kier molecular flexibility index (Phi) is 3.79. The molecule has 8 nitrogen and oxygen atoms in total. The van der Waals surface area contributed by atoms with Crippen molar-refractivity contribution in [3.8, 4) is 22.8 Å². The van der Waals surface area contributed by atoms with Crippen molar-refractivity contribution in [2.24, 2.45) is 5.73 Å². The molecule has 0 aliphatic carbocycles. The van der Waals surface area contributed by atoms with Gasteiger partial charge >= 0.3 is 0 Å². The lowest BCUT2D eigenvalue weighted by molar-refractivity contribution is -0.115. The van der Waals surface area contributed by atoms with Crippen LogP contribution in [0, 0.1) is 0 Å². The predicted molar refractivity (Wildman–Crippen MR) is 83.1 cm³/mol. The van der Waals surface area contributed by atoms with Crippen molar-refractivity contribution in [1.29, 1.82) is 0 Å². The van der Waals surface area contributed by atoms with E-state index in [0.29, 0.717) is 16.7 Å². The number of carbonyl (C=O) groups excluding carboxylic acids is 1. The third-order valence-corrected chi connectivity index (χ3v) is 3.86. The first-order valence-electron chi connectivity index (χ1n) is 6.38. The SMILES string of the molecule is NC(=O)CSc1nnc(-c2cc(-c3ccccc3)n[nH]2)n1N. The van der Waals surface area contributed by atoms with Crippen LogP contribution in [0.15, 0.2) is 41.6 Å². The molecule has 0 aliphatic heterocycles. The Morgan fingerprint density at radius 1 is 1.27 bits per heavy atom. The van der Waals surface area contributed by atoms with Gasteiger partial charge in [0.15, 0.2) is 0 Å². The number of nitrogens with one attached hydrogen (secondary N) is 1. The van der Waals surface area contributed by atoms with Gasteiger partial charge in [-0.05, 0) is 6.07 Å². The van der Waals surface area contributed by atoms with E-state index in [1.807, 2.05) is 36.4 Å². The van der Waals surface area contributed by atoms with Crippen LogP contribution in [0.4, 0.5) is 0 Å². The van der Waals surface area contributed by atoms with Gasteiger partial charge in [0, 0.05) is 5.56 Å². The van der Waals surface area contributed by atoms with E-state index in [-0.39, 0.29) is 5.75 Å². The lowest BCUT2D eigenvalue weighted by atomic mass is 10.1. The number of primary amides is 1. The second-order valence-electron chi connectivity index (χ2n) is 4.46. The average molecular weight is 315 g/mol. The van der Waals surface area contributed by atoms with E-state index >= 15 is 0 Å². The molecule has 0 spiro atoms. The molecule has 9 heteroatoms. The fourth-order valence-electron chi connectivity index (χ4n) is 1.89. The van der Waals surface area contributed by atoms with Crippen molar-refractivity contribution in [2.75, 3.05) is 11.6 Å². The summed E-state index contributed by atoms with van der Waals surface area (Å²) in [6.07, 6.45) is 0. The topological polar surface area (TPSA) is 129 Å². The number of nitrogens with two attached hydrogens (primary N) is 2. The molecule has 0 bridgehead atoms. The van der Waals surface area contributed by atoms with Crippen LogP contribution in [0.25, 0.3) is 22.8 Å². The predicted octanol–water partition coefficient (Wildman–Crippen LogP) is 0.626. The van der Waals surface area contributed by atoms with Gasteiger partial charge in [0.1, 0.15) is 5.69 Å². The highest BCUT2D eigenvalue weighted by molar-refractivity contribution is 7.99. The summed E-state index contributed by atoms with van der Waals surface area (Å²) in [6, 6.07) is 11.6. The van der Waals surface area contributed by atoms with E-state index in [9.17, 15) is 4.79 Å². The molecule has 1 amide bonds. The number of aromatic nitrogens is 5. The lowest BCUT2D eigenvalue weighted by Gasteiger charge is -2.00. The molecule has 0 saturated carbocycles. The molecule has 3 rings (SSSR count). The van der Waals surface area contributed by atoms with Crippen LogP contribution < -0.4 is 11.6 Å². The zero-order valence-corrected chi connectivity index (χ0v) is 12.2. The van der Waals surface area contributed by atoms with Crippen molar-refractivity contribution < 1.29 is 4.79 Å². The van der Waals surface area contributed by atoms with Gasteiger partial charge in [-0.3, -0.25) is 9.89 Å². The summed E-state index contributed by atoms with van der Waals surface area (Å²) in [5.41, 5.74) is 7.51. The minimum absolute atomic E-state index is 0.0908. The number of hydrogen-bond donors (Lipinski definition) is 3. The van der Waals surface area contributed by atoms with Gasteiger partial charge in [-0.15, -0.1) is 10.2 Å². The highest BCUT2D eigenvalue weighted by Crippen LogP contribution is 2.24. The Bertz CT molecular complexity index is 796. The molecule has 2 heterocycles.